The van der Waals surface area contributed by atoms with Crippen LogP contribution >= 0.6 is 11.3 Å². The summed E-state index contributed by atoms with van der Waals surface area (Å²) in [6.07, 6.45) is 8.73. The molecule has 26 heavy (non-hydrogen) atoms. The first-order valence-electron chi connectivity index (χ1n) is 8.79. The SMILES string of the molecule is C#CCn1c(Cc2ccccc2F)nc2sc3c(c2c1=O)CCC(C)C3. The van der Waals surface area contributed by atoms with Gasteiger partial charge in [0.2, 0.25) is 0 Å². The Kier molecular flexibility index (Phi) is 4.37. The quantitative estimate of drug-likeness (QED) is 0.658. The minimum absolute atomic E-state index is 0.0913. The molecule has 1 aromatic carbocycles. The molecule has 2 heterocycles. The van der Waals surface area contributed by atoms with E-state index >= 15 is 0 Å². The van der Waals surface area contributed by atoms with Gasteiger partial charge in [0.1, 0.15) is 16.5 Å². The van der Waals surface area contributed by atoms with Crippen molar-refractivity contribution in [2.24, 2.45) is 5.92 Å². The highest BCUT2D eigenvalue weighted by molar-refractivity contribution is 7.18. The molecular weight excluding hydrogens is 347 g/mol. The summed E-state index contributed by atoms with van der Waals surface area (Å²) in [6.45, 7) is 2.38. The molecule has 132 valence electrons. The molecule has 1 unspecified atom stereocenters. The molecular formula is C21H19FN2OS. The molecule has 0 saturated carbocycles. The van der Waals surface area contributed by atoms with E-state index in [1.807, 2.05) is 0 Å². The molecule has 3 aromatic rings. The van der Waals surface area contributed by atoms with Gasteiger partial charge in [0.05, 0.1) is 11.9 Å². The van der Waals surface area contributed by atoms with Crippen molar-refractivity contribution in [2.75, 3.05) is 0 Å². The van der Waals surface area contributed by atoms with Gasteiger partial charge in [0.15, 0.2) is 0 Å². The number of benzene rings is 1. The van der Waals surface area contributed by atoms with Crippen LogP contribution in [0.3, 0.4) is 0 Å². The van der Waals surface area contributed by atoms with Crippen LogP contribution in [0.1, 0.15) is 35.2 Å². The summed E-state index contributed by atoms with van der Waals surface area (Å²) in [7, 11) is 0. The molecule has 1 aliphatic rings. The third-order valence-electron chi connectivity index (χ3n) is 5.05. The summed E-state index contributed by atoms with van der Waals surface area (Å²) in [5, 5.41) is 0.712. The van der Waals surface area contributed by atoms with Gasteiger partial charge in [-0.15, -0.1) is 17.8 Å². The van der Waals surface area contributed by atoms with Gasteiger partial charge in [-0.05, 0) is 42.4 Å². The molecule has 2 aromatic heterocycles. The zero-order chi connectivity index (χ0) is 18.3. The van der Waals surface area contributed by atoms with Crippen LogP contribution in [-0.2, 0) is 25.8 Å². The van der Waals surface area contributed by atoms with Crippen LogP contribution in [0.2, 0.25) is 0 Å². The normalized spacial score (nSPS) is 16.4. The van der Waals surface area contributed by atoms with Crippen molar-refractivity contribution in [3.8, 4) is 12.3 Å². The minimum atomic E-state index is -0.298. The van der Waals surface area contributed by atoms with Gasteiger partial charge in [-0.1, -0.05) is 31.0 Å². The maximum Gasteiger partial charge on any atom is 0.263 e. The highest BCUT2D eigenvalue weighted by Gasteiger charge is 2.24. The average Bonchev–Trinajstić information content (AvgIpc) is 2.97. The van der Waals surface area contributed by atoms with Gasteiger partial charge >= 0.3 is 0 Å². The number of rotatable bonds is 3. The average molecular weight is 366 g/mol. The third kappa shape index (κ3) is 2.85. The first-order valence-corrected chi connectivity index (χ1v) is 9.61. The first-order chi connectivity index (χ1) is 12.6. The molecule has 0 N–H and O–H groups in total. The lowest BCUT2D eigenvalue weighted by molar-refractivity contribution is 0.509. The molecule has 1 aliphatic carbocycles. The van der Waals surface area contributed by atoms with Crippen LogP contribution in [0, 0.1) is 24.1 Å². The van der Waals surface area contributed by atoms with Gasteiger partial charge in [-0.25, -0.2) is 9.37 Å². The molecule has 0 radical (unpaired) electrons. The van der Waals surface area contributed by atoms with Crippen molar-refractivity contribution < 1.29 is 4.39 Å². The fraction of sp³-hybridized carbons (Fsp3) is 0.333. The standard InChI is InChI=1S/C21H19FN2OS/c1-3-10-24-18(12-14-6-4-5-7-16(14)22)23-20-19(21(24)25)15-9-8-13(2)11-17(15)26-20/h1,4-7,13H,8-12H2,2H3. The van der Waals surface area contributed by atoms with Crippen molar-refractivity contribution in [1.82, 2.24) is 9.55 Å². The van der Waals surface area contributed by atoms with E-state index in [4.69, 9.17) is 11.4 Å². The molecule has 0 saturated heterocycles. The van der Waals surface area contributed by atoms with Crippen molar-refractivity contribution >= 4 is 21.6 Å². The molecule has 0 amide bonds. The van der Waals surface area contributed by atoms with Crippen LogP contribution in [0.4, 0.5) is 4.39 Å². The molecule has 4 rings (SSSR count). The van der Waals surface area contributed by atoms with Crippen molar-refractivity contribution in [1.29, 1.82) is 0 Å². The molecule has 0 spiro atoms. The predicted octanol–water partition coefficient (Wildman–Crippen LogP) is 3.95. The number of aryl methyl sites for hydroxylation is 1. The van der Waals surface area contributed by atoms with Crippen LogP contribution < -0.4 is 5.56 Å². The Balaban J connectivity index is 1.90. The van der Waals surface area contributed by atoms with Gasteiger partial charge in [-0.2, -0.15) is 0 Å². The van der Waals surface area contributed by atoms with Crippen LogP contribution in [0.5, 0.6) is 0 Å². The van der Waals surface area contributed by atoms with Gasteiger partial charge in [0.25, 0.3) is 5.56 Å². The smallest absolute Gasteiger partial charge is 0.263 e. The Morgan fingerprint density at radius 1 is 1.42 bits per heavy atom. The Bertz CT molecular complexity index is 1090. The second-order valence-corrected chi connectivity index (χ2v) is 8.01. The van der Waals surface area contributed by atoms with Crippen molar-refractivity contribution in [3.05, 3.63) is 62.3 Å². The van der Waals surface area contributed by atoms with E-state index in [1.165, 1.54) is 15.5 Å². The van der Waals surface area contributed by atoms with Crippen molar-refractivity contribution in [3.63, 3.8) is 0 Å². The molecule has 1 atom stereocenters. The number of nitrogens with zero attached hydrogens (tertiary/aromatic N) is 2. The molecule has 0 aliphatic heterocycles. The van der Waals surface area contributed by atoms with E-state index in [-0.39, 0.29) is 24.3 Å². The Hall–Kier alpha value is -2.45. The number of thiophene rings is 1. The summed E-state index contributed by atoms with van der Waals surface area (Å²) < 4.78 is 15.6. The lowest BCUT2D eigenvalue weighted by Crippen LogP contribution is -2.26. The van der Waals surface area contributed by atoms with Crippen molar-refractivity contribution in [2.45, 2.75) is 39.2 Å². The Morgan fingerprint density at radius 2 is 2.23 bits per heavy atom. The van der Waals surface area contributed by atoms with Crippen LogP contribution in [-0.4, -0.2) is 9.55 Å². The molecule has 5 heteroatoms. The van der Waals surface area contributed by atoms with E-state index in [1.54, 1.807) is 29.5 Å². The summed E-state index contributed by atoms with van der Waals surface area (Å²) in [5.74, 6) is 3.40. The molecule has 0 bridgehead atoms. The zero-order valence-corrected chi connectivity index (χ0v) is 15.4. The lowest BCUT2D eigenvalue weighted by Gasteiger charge is -2.17. The number of aromatic nitrogens is 2. The van der Waals surface area contributed by atoms with Gasteiger partial charge in [-0.3, -0.25) is 9.36 Å². The van der Waals surface area contributed by atoms with Gasteiger partial charge < -0.3 is 0 Å². The van der Waals surface area contributed by atoms with Crippen LogP contribution in [0.25, 0.3) is 10.2 Å². The maximum atomic E-state index is 14.1. The monoisotopic (exact) mass is 366 g/mol. The fourth-order valence-electron chi connectivity index (χ4n) is 3.67. The topological polar surface area (TPSA) is 34.9 Å². The third-order valence-corrected chi connectivity index (χ3v) is 6.20. The van der Waals surface area contributed by atoms with Crippen LogP contribution in [0.15, 0.2) is 29.1 Å². The lowest BCUT2D eigenvalue weighted by atomic mass is 9.89. The fourth-order valence-corrected chi connectivity index (χ4v) is 5.06. The highest BCUT2D eigenvalue weighted by Crippen LogP contribution is 2.36. The van der Waals surface area contributed by atoms with E-state index in [9.17, 15) is 9.18 Å². The van der Waals surface area contributed by atoms with E-state index in [0.29, 0.717) is 22.7 Å². The van der Waals surface area contributed by atoms with E-state index in [0.717, 1.165) is 29.7 Å². The molecule has 0 fully saturated rings. The molecule has 3 nitrogen and oxygen atoms in total. The number of hydrogen-bond acceptors (Lipinski definition) is 3. The first kappa shape index (κ1) is 17.0. The number of hydrogen-bond donors (Lipinski definition) is 0. The van der Waals surface area contributed by atoms with Gasteiger partial charge in [0, 0.05) is 11.3 Å². The Labute approximate surface area is 155 Å². The Morgan fingerprint density at radius 3 is 3.00 bits per heavy atom. The summed E-state index contributed by atoms with van der Waals surface area (Å²) in [5.41, 5.74) is 1.56. The highest BCUT2D eigenvalue weighted by atomic mass is 32.1. The summed E-state index contributed by atoms with van der Waals surface area (Å²) in [6, 6.07) is 6.57. The number of fused-ring (bicyclic) bond motifs is 3. The predicted molar refractivity (Wildman–Crippen MR) is 103 cm³/mol. The maximum absolute atomic E-state index is 14.1. The largest absolute Gasteiger partial charge is 0.284 e. The van der Waals surface area contributed by atoms with E-state index in [2.05, 4.69) is 12.8 Å². The second-order valence-electron chi connectivity index (χ2n) is 6.92. The van der Waals surface area contributed by atoms with E-state index < -0.39 is 0 Å². The zero-order valence-electron chi connectivity index (χ0n) is 14.6. The summed E-state index contributed by atoms with van der Waals surface area (Å²) >= 11 is 1.60. The minimum Gasteiger partial charge on any atom is -0.284 e. The number of terminal acetylenes is 1. The summed E-state index contributed by atoms with van der Waals surface area (Å²) in [4.78, 5) is 19.9. The second kappa shape index (κ2) is 6.69. The number of halogens is 1.